The van der Waals surface area contributed by atoms with Crippen LogP contribution in [0.5, 0.6) is 0 Å². The van der Waals surface area contributed by atoms with Gasteiger partial charge in [0.15, 0.2) is 0 Å². The molecule has 0 aromatic rings. The van der Waals surface area contributed by atoms with Crippen LogP contribution in [0, 0.1) is 5.92 Å². The molecule has 0 aromatic carbocycles. The third kappa shape index (κ3) is 3.56. The van der Waals surface area contributed by atoms with Crippen LogP contribution in [-0.4, -0.2) is 49.2 Å². The first-order valence-corrected chi connectivity index (χ1v) is 5.83. The van der Waals surface area contributed by atoms with E-state index in [1.165, 1.54) is 19.5 Å². The van der Waals surface area contributed by atoms with Crippen LogP contribution in [0.4, 0.5) is 0 Å². The molecule has 0 saturated carbocycles. The van der Waals surface area contributed by atoms with Gasteiger partial charge < -0.3 is 4.90 Å². The van der Waals surface area contributed by atoms with Gasteiger partial charge in [-0.25, -0.2) is 5.01 Å². The minimum atomic E-state index is 0.600. The molecule has 0 amide bonds. The van der Waals surface area contributed by atoms with Crippen molar-refractivity contribution >= 4 is 0 Å². The highest BCUT2D eigenvalue weighted by Crippen LogP contribution is 2.08. The lowest BCUT2D eigenvalue weighted by Gasteiger charge is -2.35. The average molecular weight is 199 g/mol. The van der Waals surface area contributed by atoms with Gasteiger partial charge in [0.05, 0.1) is 0 Å². The molecule has 3 nitrogen and oxygen atoms in total. The molecule has 1 heterocycles. The van der Waals surface area contributed by atoms with Gasteiger partial charge in [-0.1, -0.05) is 20.3 Å². The van der Waals surface area contributed by atoms with E-state index in [9.17, 15) is 0 Å². The Morgan fingerprint density at radius 2 is 1.71 bits per heavy atom. The summed E-state index contributed by atoms with van der Waals surface area (Å²) in [5.74, 6) is 0.759. The third-order valence-corrected chi connectivity index (χ3v) is 3.39. The van der Waals surface area contributed by atoms with Crippen molar-refractivity contribution in [3.63, 3.8) is 0 Å². The summed E-state index contributed by atoms with van der Waals surface area (Å²) in [6, 6.07) is 0.600. The van der Waals surface area contributed by atoms with Crippen molar-refractivity contribution in [2.75, 3.05) is 33.2 Å². The molecule has 1 fully saturated rings. The second kappa shape index (κ2) is 5.69. The Labute approximate surface area is 88.4 Å². The molecule has 0 aromatic heterocycles. The zero-order chi connectivity index (χ0) is 10.6. The van der Waals surface area contributed by atoms with Crippen molar-refractivity contribution in [2.45, 2.75) is 33.2 Å². The number of nitrogens with zero attached hydrogens (tertiary/aromatic N) is 2. The summed E-state index contributed by atoms with van der Waals surface area (Å²) >= 11 is 0. The second-order valence-electron chi connectivity index (χ2n) is 4.59. The van der Waals surface area contributed by atoms with Crippen LogP contribution in [0.2, 0.25) is 0 Å². The van der Waals surface area contributed by atoms with Gasteiger partial charge in [0.1, 0.15) is 0 Å². The highest BCUT2D eigenvalue weighted by atomic mass is 15.5. The molecule has 0 bridgehead atoms. The molecule has 84 valence electrons. The zero-order valence-corrected chi connectivity index (χ0v) is 10.1. The van der Waals surface area contributed by atoms with Crippen molar-refractivity contribution < 1.29 is 0 Å². The maximum atomic E-state index is 3.60. The van der Waals surface area contributed by atoms with Crippen molar-refractivity contribution in [1.29, 1.82) is 0 Å². The van der Waals surface area contributed by atoms with Crippen LogP contribution >= 0.6 is 0 Å². The van der Waals surface area contributed by atoms with Crippen molar-refractivity contribution in [3.05, 3.63) is 0 Å². The van der Waals surface area contributed by atoms with Crippen LogP contribution in [0.1, 0.15) is 27.2 Å². The second-order valence-corrected chi connectivity index (χ2v) is 4.59. The van der Waals surface area contributed by atoms with Crippen LogP contribution < -0.4 is 5.43 Å². The molecule has 2 unspecified atom stereocenters. The van der Waals surface area contributed by atoms with E-state index in [1.807, 2.05) is 0 Å². The molecule has 1 N–H and O–H groups in total. The van der Waals surface area contributed by atoms with E-state index in [4.69, 9.17) is 0 Å². The first kappa shape index (κ1) is 12.0. The molecule has 14 heavy (non-hydrogen) atoms. The van der Waals surface area contributed by atoms with E-state index in [0.29, 0.717) is 6.04 Å². The summed E-state index contributed by atoms with van der Waals surface area (Å²) in [7, 11) is 2.19. The van der Waals surface area contributed by atoms with E-state index in [0.717, 1.165) is 19.0 Å². The Morgan fingerprint density at radius 3 is 2.21 bits per heavy atom. The lowest BCUT2D eigenvalue weighted by Crippen LogP contribution is -2.54. The number of hydrogen-bond acceptors (Lipinski definition) is 3. The molecular weight excluding hydrogens is 174 g/mol. The van der Waals surface area contributed by atoms with Crippen molar-refractivity contribution in [2.24, 2.45) is 5.92 Å². The van der Waals surface area contributed by atoms with E-state index in [-0.39, 0.29) is 0 Å². The standard InChI is InChI=1S/C11H25N3/c1-5-10(2)11(3)12-14-8-6-13(4)7-9-14/h10-12H,5-9H2,1-4H3. The topological polar surface area (TPSA) is 18.5 Å². The van der Waals surface area contributed by atoms with Gasteiger partial charge >= 0.3 is 0 Å². The third-order valence-electron chi connectivity index (χ3n) is 3.39. The molecule has 0 spiro atoms. The number of hydrogen-bond donors (Lipinski definition) is 1. The highest BCUT2D eigenvalue weighted by molar-refractivity contribution is 4.71. The number of piperazine rings is 1. The molecule has 1 saturated heterocycles. The fraction of sp³-hybridized carbons (Fsp3) is 1.00. The normalized spacial score (nSPS) is 24.9. The molecule has 0 radical (unpaired) electrons. The van der Waals surface area contributed by atoms with Gasteiger partial charge in [-0.2, -0.15) is 0 Å². The number of hydrazine groups is 1. The molecule has 1 aliphatic heterocycles. The summed E-state index contributed by atoms with van der Waals surface area (Å²) in [6.45, 7) is 11.5. The Balaban J connectivity index is 2.23. The fourth-order valence-corrected chi connectivity index (χ4v) is 1.70. The van der Waals surface area contributed by atoms with Crippen LogP contribution in [0.15, 0.2) is 0 Å². The summed E-state index contributed by atoms with van der Waals surface area (Å²) in [6.07, 6.45) is 1.25. The predicted molar refractivity (Wildman–Crippen MR) is 61.1 cm³/mol. The first-order chi connectivity index (χ1) is 6.63. The van der Waals surface area contributed by atoms with Gasteiger partial charge in [0, 0.05) is 32.2 Å². The number of likely N-dealkylation sites (N-methyl/N-ethyl adjacent to an activating group) is 1. The van der Waals surface area contributed by atoms with Crippen LogP contribution in [0.3, 0.4) is 0 Å². The Bertz CT molecular complexity index is 153. The van der Waals surface area contributed by atoms with Crippen molar-refractivity contribution in [1.82, 2.24) is 15.3 Å². The Hall–Kier alpha value is -0.120. The molecule has 0 aliphatic carbocycles. The minimum Gasteiger partial charge on any atom is -0.304 e. The first-order valence-electron chi connectivity index (χ1n) is 5.83. The zero-order valence-electron chi connectivity index (χ0n) is 10.1. The van der Waals surface area contributed by atoms with Crippen LogP contribution in [-0.2, 0) is 0 Å². The Kier molecular flexibility index (Phi) is 4.85. The van der Waals surface area contributed by atoms with Crippen LogP contribution in [0.25, 0.3) is 0 Å². The van der Waals surface area contributed by atoms with E-state index >= 15 is 0 Å². The smallest absolute Gasteiger partial charge is 0.0259 e. The monoisotopic (exact) mass is 199 g/mol. The van der Waals surface area contributed by atoms with Gasteiger partial charge in [-0.3, -0.25) is 5.43 Å². The lowest BCUT2D eigenvalue weighted by molar-refractivity contribution is 0.0786. The van der Waals surface area contributed by atoms with E-state index in [2.05, 4.69) is 43.2 Å². The van der Waals surface area contributed by atoms with Gasteiger partial charge in [0.25, 0.3) is 0 Å². The summed E-state index contributed by atoms with van der Waals surface area (Å²) in [5, 5.41) is 2.37. The molecular formula is C11H25N3. The molecule has 2 atom stereocenters. The van der Waals surface area contributed by atoms with Gasteiger partial charge in [-0.05, 0) is 19.9 Å². The fourth-order valence-electron chi connectivity index (χ4n) is 1.70. The predicted octanol–water partition coefficient (Wildman–Crippen LogP) is 1.17. The largest absolute Gasteiger partial charge is 0.304 e. The maximum Gasteiger partial charge on any atom is 0.0259 e. The van der Waals surface area contributed by atoms with Crippen molar-refractivity contribution in [3.8, 4) is 0 Å². The van der Waals surface area contributed by atoms with E-state index in [1.54, 1.807) is 0 Å². The molecule has 1 rings (SSSR count). The summed E-state index contributed by atoms with van der Waals surface area (Å²) in [5.41, 5.74) is 3.60. The quantitative estimate of drug-likeness (QED) is 0.733. The SMILES string of the molecule is CCC(C)C(C)NN1CCN(C)CC1. The maximum absolute atomic E-state index is 3.60. The number of nitrogens with one attached hydrogen (secondary N) is 1. The highest BCUT2D eigenvalue weighted by Gasteiger charge is 2.17. The van der Waals surface area contributed by atoms with Gasteiger partial charge in [0.2, 0.25) is 0 Å². The minimum absolute atomic E-state index is 0.600. The van der Waals surface area contributed by atoms with Gasteiger partial charge in [-0.15, -0.1) is 0 Å². The molecule has 3 heteroatoms. The average Bonchev–Trinajstić information content (AvgIpc) is 2.20. The molecule has 1 aliphatic rings. The Morgan fingerprint density at radius 1 is 1.14 bits per heavy atom. The van der Waals surface area contributed by atoms with E-state index < -0.39 is 0 Å². The lowest BCUT2D eigenvalue weighted by atomic mass is 10.0. The summed E-state index contributed by atoms with van der Waals surface area (Å²) in [4.78, 5) is 2.38. The number of rotatable bonds is 4. The summed E-state index contributed by atoms with van der Waals surface area (Å²) < 4.78 is 0.